The first-order valence-corrected chi connectivity index (χ1v) is 21.0. The van der Waals surface area contributed by atoms with E-state index in [2.05, 4.69) is 48.7 Å². The minimum Gasteiger partial charge on any atom is -0.493 e. The van der Waals surface area contributed by atoms with Crippen molar-refractivity contribution in [1.29, 1.82) is 0 Å². The van der Waals surface area contributed by atoms with Gasteiger partial charge >= 0.3 is 11.9 Å². The van der Waals surface area contributed by atoms with Gasteiger partial charge in [0.25, 0.3) is 0 Å². The Morgan fingerprint density at radius 2 is 1.07 bits per heavy atom. The average Bonchev–Trinajstić information content (AvgIpc) is 3.84. The molecule has 6 N–H and O–H groups in total. The fourth-order valence-corrected chi connectivity index (χ4v) is 8.04. The van der Waals surface area contributed by atoms with Crippen LogP contribution in [-0.4, -0.2) is 69.9 Å². The number of aliphatic hydroxyl groups excluding tert-OH is 2. The van der Waals surface area contributed by atoms with Crippen molar-refractivity contribution in [2.75, 3.05) is 26.4 Å². The third-order valence-electron chi connectivity index (χ3n) is 11.6. The number of rotatable bonds is 21. The highest BCUT2D eigenvalue weighted by atomic mass is 35.5. The number of aliphatic carboxylic acids is 2. The third-order valence-corrected chi connectivity index (χ3v) is 12.2. The molecule has 0 spiro atoms. The molecule has 0 aliphatic heterocycles. The summed E-state index contributed by atoms with van der Waals surface area (Å²) in [6.45, 7) is 6.39. The van der Waals surface area contributed by atoms with Crippen LogP contribution in [0.15, 0.2) is 60.7 Å². The second-order valence-electron chi connectivity index (χ2n) is 16.1. The fraction of sp³-hybridized carbons (Fsp3) is 0.435. The predicted molar refractivity (Wildman–Crippen MR) is 229 cm³/mol. The number of nitrogens with one attached hydrogen (secondary N) is 2. The van der Waals surface area contributed by atoms with Gasteiger partial charge in [-0.3, -0.25) is 20.2 Å². The molecule has 322 valence electrons. The van der Waals surface area contributed by atoms with Crippen LogP contribution in [0, 0.1) is 13.8 Å². The third kappa shape index (κ3) is 10.1. The maximum Gasteiger partial charge on any atom is 0.326 e. The Labute approximate surface area is 360 Å². The molecule has 0 amide bonds. The first-order chi connectivity index (χ1) is 28.7. The molecule has 6 rings (SSSR count). The number of hydrogen-bond donors (Lipinski definition) is 6. The van der Waals surface area contributed by atoms with E-state index in [1.165, 1.54) is 36.1 Å². The van der Waals surface area contributed by atoms with E-state index in [1.54, 1.807) is 24.3 Å². The maximum absolute atomic E-state index is 11.9. The van der Waals surface area contributed by atoms with Gasteiger partial charge in [-0.1, -0.05) is 59.6 Å². The smallest absolute Gasteiger partial charge is 0.326 e. The van der Waals surface area contributed by atoms with Gasteiger partial charge < -0.3 is 39.4 Å². The Hall–Kier alpha value is -4.56. The van der Waals surface area contributed by atoms with Gasteiger partial charge in [-0.25, -0.2) is 0 Å². The highest BCUT2D eigenvalue weighted by Gasteiger charge is 2.34. The van der Waals surface area contributed by atoms with E-state index < -0.39 is 36.2 Å². The Bertz CT molecular complexity index is 2050. The van der Waals surface area contributed by atoms with Crippen molar-refractivity contribution in [3.05, 3.63) is 115 Å². The van der Waals surface area contributed by atoms with E-state index in [0.29, 0.717) is 57.0 Å². The second kappa shape index (κ2) is 19.4. The Kier molecular flexibility index (Phi) is 14.6. The molecule has 0 aromatic heterocycles. The van der Waals surface area contributed by atoms with Gasteiger partial charge in [0.2, 0.25) is 0 Å². The van der Waals surface area contributed by atoms with Crippen molar-refractivity contribution in [3.8, 4) is 23.0 Å². The van der Waals surface area contributed by atoms with E-state index in [0.717, 1.165) is 36.8 Å². The molecule has 4 aromatic rings. The number of carboxylic acids is 2. The van der Waals surface area contributed by atoms with Crippen LogP contribution in [-0.2, 0) is 35.5 Å². The average molecular weight is 866 g/mol. The number of aliphatic hydroxyl groups is 2. The topological polar surface area (TPSA) is 176 Å². The summed E-state index contributed by atoms with van der Waals surface area (Å²) in [6.07, 6.45) is 4.16. The number of halogens is 2. The molecule has 4 atom stereocenters. The zero-order chi connectivity index (χ0) is 43.2. The molecule has 0 heterocycles. The van der Waals surface area contributed by atoms with E-state index in [9.17, 15) is 30.0 Å². The van der Waals surface area contributed by atoms with Gasteiger partial charge in [0.1, 0.15) is 46.3 Å². The monoisotopic (exact) mass is 864 g/mol. The Morgan fingerprint density at radius 3 is 1.43 bits per heavy atom. The summed E-state index contributed by atoms with van der Waals surface area (Å²) in [5, 5.41) is 45.7. The number of benzene rings is 4. The van der Waals surface area contributed by atoms with Crippen LogP contribution in [0.1, 0.15) is 96.2 Å². The summed E-state index contributed by atoms with van der Waals surface area (Å²) in [4.78, 5) is 23.8. The van der Waals surface area contributed by atoms with Crippen LogP contribution in [0.4, 0.5) is 0 Å². The zero-order valence-electron chi connectivity index (χ0n) is 34.4. The molecule has 0 saturated carbocycles. The van der Waals surface area contributed by atoms with Crippen molar-refractivity contribution in [1.82, 2.24) is 10.6 Å². The molecular weight excluding hydrogens is 811 g/mol. The molecule has 0 radical (unpaired) electrons. The van der Waals surface area contributed by atoms with E-state index in [1.807, 2.05) is 12.1 Å². The number of aryl methyl sites for hydroxylation is 2. The SMILES string of the molecule is Cc1cccc2c1CC[C@@H]2Oc1cc(OCCCCOc2cc(O[C@H]3CCc4c(C)cccc43)c(Cl)cc2CN[C@@](C)(CO)C(=O)O)c(CN[C@@](C)(CO)C(=O)O)cc1Cl. The minimum absolute atomic E-state index is 0.0499. The first-order valence-electron chi connectivity index (χ1n) is 20.3. The van der Waals surface area contributed by atoms with Crippen LogP contribution in [0.5, 0.6) is 23.0 Å². The number of hydrogen-bond acceptors (Lipinski definition) is 10. The molecule has 0 fully saturated rings. The van der Waals surface area contributed by atoms with Gasteiger partial charge in [-0.2, -0.15) is 0 Å². The predicted octanol–water partition coefficient (Wildman–Crippen LogP) is 7.83. The van der Waals surface area contributed by atoms with Crippen molar-refractivity contribution >= 4 is 35.1 Å². The molecular formula is C46H54Cl2N2O10. The summed E-state index contributed by atoms with van der Waals surface area (Å²) < 4.78 is 25.6. The van der Waals surface area contributed by atoms with Gasteiger partial charge in [0.05, 0.1) is 36.5 Å². The summed E-state index contributed by atoms with van der Waals surface area (Å²) in [5.41, 5.74) is 5.25. The molecule has 2 aliphatic carbocycles. The highest BCUT2D eigenvalue weighted by molar-refractivity contribution is 6.32. The van der Waals surface area contributed by atoms with Gasteiger partial charge in [-0.05, 0) is 112 Å². The summed E-state index contributed by atoms with van der Waals surface area (Å²) in [5.74, 6) is -0.597. The molecule has 4 aromatic carbocycles. The van der Waals surface area contributed by atoms with Crippen molar-refractivity contribution in [3.63, 3.8) is 0 Å². The molecule has 0 unspecified atom stereocenters. The summed E-state index contributed by atoms with van der Waals surface area (Å²) in [6, 6.07) is 19.2. The van der Waals surface area contributed by atoms with Crippen molar-refractivity contribution in [2.24, 2.45) is 0 Å². The lowest BCUT2D eigenvalue weighted by Crippen LogP contribution is -2.52. The van der Waals surface area contributed by atoms with E-state index in [-0.39, 0.29) is 38.5 Å². The van der Waals surface area contributed by atoms with Gasteiger partial charge in [0, 0.05) is 36.3 Å². The van der Waals surface area contributed by atoms with Gasteiger partial charge in [0.15, 0.2) is 0 Å². The quantitative estimate of drug-likeness (QED) is 0.0449. The maximum atomic E-state index is 11.9. The minimum atomic E-state index is -1.59. The lowest BCUT2D eigenvalue weighted by atomic mass is 10.0. The number of carbonyl (C=O) groups is 2. The molecule has 14 heteroatoms. The van der Waals surface area contributed by atoms with Crippen molar-refractivity contribution in [2.45, 2.75) is 103 Å². The van der Waals surface area contributed by atoms with Crippen LogP contribution in [0.2, 0.25) is 10.0 Å². The van der Waals surface area contributed by atoms with Crippen molar-refractivity contribution < 1.29 is 49.0 Å². The van der Waals surface area contributed by atoms with Crippen LogP contribution in [0.25, 0.3) is 0 Å². The molecule has 60 heavy (non-hydrogen) atoms. The second-order valence-corrected chi connectivity index (χ2v) is 16.9. The number of ether oxygens (including phenoxy) is 4. The largest absolute Gasteiger partial charge is 0.493 e. The number of unbranched alkanes of at least 4 members (excludes halogenated alkanes) is 1. The van der Waals surface area contributed by atoms with E-state index >= 15 is 0 Å². The summed E-state index contributed by atoms with van der Waals surface area (Å²) in [7, 11) is 0. The standard InChI is InChI=1S/C46H54Cl2N2O10/c1-27-9-7-11-33-31(27)13-15-37(33)59-41-21-39(29(19-35(41)47)23-49-45(3,25-51)43(53)54)57-17-5-6-18-58-40-22-42(60-38-16-14-32-28(2)10-8-12-34(32)38)36(48)20-30(40)24-50-46(4,26-52)44(55)56/h7-12,19-22,37-38,49-52H,5-6,13-18,23-26H2,1-4H3,(H,53,54)(H,55,56)/t37-,38-,45-,46-/m0/s1. The zero-order valence-corrected chi connectivity index (χ0v) is 35.9. The number of fused-ring (bicyclic) bond motifs is 2. The van der Waals surface area contributed by atoms with Crippen LogP contribution < -0.4 is 29.6 Å². The molecule has 12 nitrogen and oxygen atoms in total. The lowest BCUT2D eigenvalue weighted by Gasteiger charge is -2.25. The van der Waals surface area contributed by atoms with Crippen LogP contribution in [0.3, 0.4) is 0 Å². The lowest BCUT2D eigenvalue weighted by molar-refractivity contribution is -0.146. The highest BCUT2D eigenvalue weighted by Crippen LogP contribution is 2.42. The normalized spacial score (nSPS) is 17.6. The molecule has 0 saturated heterocycles. The summed E-state index contributed by atoms with van der Waals surface area (Å²) >= 11 is 13.5. The van der Waals surface area contributed by atoms with Crippen LogP contribution >= 0.6 is 23.2 Å². The Balaban J connectivity index is 1.15. The van der Waals surface area contributed by atoms with Gasteiger partial charge in [-0.15, -0.1) is 0 Å². The fourth-order valence-electron chi connectivity index (χ4n) is 7.57. The first kappa shape index (κ1) is 45.0. The molecule has 0 bridgehead atoms. The van der Waals surface area contributed by atoms with E-state index in [4.69, 9.17) is 42.1 Å². The molecule has 2 aliphatic rings. The Morgan fingerprint density at radius 1 is 0.667 bits per heavy atom. The number of carboxylic acid groups (broad SMARTS) is 2.